The van der Waals surface area contributed by atoms with Gasteiger partial charge in [-0.3, -0.25) is 4.79 Å². The molecule has 26 heavy (non-hydrogen) atoms. The van der Waals surface area contributed by atoms with Gasteiger partial charge in [-0.2, -0.15) is 8.78 Å². The number of benzene rings is 2. The molecule has 5 nitrogen and oxygen atoms in total. The molecular formula is C19H21F2NO4. The van der Waals surface area contributed by atoms with E-state index in [9.17, 15) is 13.6 Å². The van der Waals surface area contributed by atoms with Gasteiger partial charge in [-0.05, 0) is 48.7 Å². The number of hydrogen-bond donors (Lipinski definition) is 1. The number of halogens is 2. The topological polar surface area (TPSA) is 56.8 Å². The molecule has 0 heterocycles. The second kappa shape index (κ2) is 9.60. The van der Waals surface area contributed by atoms with Crippen molar-refractivity contribution in [2.24, 2.45) is 0 Å². The molecule has 0 bridgehead atoms. The molecule has 0 aliphatic rings. The van der Waals surface area contributed by atoms with Crippen molar-refractivity contribution in [1.82, 2.24) is 5.32 Å². The second-order valence-corrected chi connectivity index (χ2v) is 5.57. The van der Waals surface area contributed by atoms with E-state index < -0.39 is 6.61 Å². The van der Waals surface area contributed by atoms with Crippen molar-refractivity contribution in [2.45, 2.75) is 20.0 Å². The second-order valence-electron chi connectivity index (χ2n) is 5.57. The number of aryl methyl sites for hydroxylation is 1. The Morgan fingerprint density at radius 1 is 1.12 bits per heavy atom. The van der Waals surface area contributed by atoms with E-state index in [1.807, 2.05) is 19.1 Å². The van der Waals surface area contributed by atoms with Crippen LogP contribution in [0.15, 0.2) is 42.5 Å². The number of methoxy groups -OCH3 is 1. The number of carbonyl (C=O) groups is 1. The first-order valence-electron chi connectivity index (χ1n) is 8.06. The minimum atomic E-state index is -2.84. The van der Waals surface area contributed by atoms with Crippen LogP contribution in [-0.4, -0.2) is 32.8 Å². The van der Waals surface area contributed by atoms with Crippen molar-refractivity contribution in [1.29, 1.82) is 0 Å². The number of hydrogen-bond acceptors (Lipinski definition) is 4. The molecule has 0 aliphatic carbocycles. The van der Waals surface area contributed by atoms with Crippen LogP contribution in [0.1, 0.15) is 11.1 Å². The Bertz CT molecular complexity index is 720. The van der Waals surface area contributed by atoms with Gasteiger partial charge in [0.2, 0.25) is 0 Å². The van der Waals surface area contributed by atoms with Gasteiger partial charge in [0, 0.05) is 6.54 Å². The molecule has 140 valence electrons. The standard InChI is InChI=1S/C19H21F2NO4/c1-13-3-8-16(17(11-13)24-2)25-12-18(23)22-10-9-14-4-6-15(7-5-14)26-19(20)21/h3-8,11,19H,9-10,12H2,1-2H3,(H,22,23). The summed E-state index contributed by atoms with van der Waals surface area (Å²) in [6.45, 7) is -0.624. The molecule has 0 aromatic heterocycles. The number of alkyl halides is 2. The highest BCUT2D eigenvalue weighted by Crippen LogP contribution is 2.27. The molecule has 7 heteroatoms. The fourth-order valence-electron chi connectivity index (χ4n) is 2.27. The number of carbonyl (C=O) groups excluding carboxylic acids is 1. The lowest BCUT2D eigenvalue weighted by Crippen LogP contribution is -2.30. The molecule has 2 rings (SSSR count). The molecule has 0 saturated heterocycles. The largest absolute Gasteiger partial charge is 0.493 e. The zero-order valence-corrected chi connectivity index (χ0v) is 14.6. The van der Waals surface area contributed by atoms with Gasteiger partial charge in [0.25, 0.3) is 5.91 Å². The van der Waals surface area contributed by atoms with E-state index in [-0.39, 0.29) is 18.3 Å². The Balaban J connectivity index is 1.74. The third kappa shape index (κ3) is 6.23. The molecule has 1 N–H and O–H groups in total. The van der Waals surface area contributed by atoms with E-state index in [4.69, 9.17) is 9.47 Å². The molecule has 0 aliphatic heterocycles. The minimum absolute atomic E-state index is 0.105. The summed E-state index contributed by atoms with van der Waals surface area (Å²) in [5, 5.41) is 2.74. The van der Waals surface area contributed by atoms with Crippen molar-refractivity contribution in [3.05, 3.63) is 53.6 Å². The quantitative estimate of drug-likeness (QED) is 0.741. The Labute approximate surface area is 150 Å². The van der Waals surface area contributed by atoms with Crippen LogP contribution in [-0.2, 0) is 11.2 Å². The molecule has 1 amide bonds. The van der Waals surface area contributed by atoms with Crippen LogP contribution in [0.4, 0.5) is 8.78 Å². The van der Waals surface area contributed by atoms with Gasteiger partial charge in [-0.1, -0.05) is 18.2 Å². The van der Waals surface area contributed by atoms with Crippen LogP contribution >= 0.6 is 0 Å². The Morgan fingerprint density at radius 2 is 1.85 bits per heavy atom. The van der Waals surface area contributed by atoms with Crippen LogP contribution in [0.25, 0.3) is 0 Å². The molecule has 2 aromatic rings. The number of rotatable bonds is 9. The fourth-order valence-corrected chi connectivity index (χ4v) is 2.27. The van der Waals surface area contributed by atoms with Gasteiger partial charge in [0.05, 0.1) is 7.11 Å². The van der Waals surface area contributed by atoms with Crippen molar-refractivity contribution >= 4 is 5.91 Å². The SMILES string of the molecule is COc1cc(C)ccc1OCC(=O)NCCc1ccc(OC(F)F)cc1. The molecule has 2 aromatic carbocycles. The summed E-state index contributed by atoms with van der Waals surface area (Å²) in [7, 11) is 1.54. The molecule has 0 saturated carbocycles. The van der Waals surface area contributed by atoms with Crippen molar-refractivity contribution in [3.63, 3.8) is 0 Å². The van der Waals surface area contributed by atoms with Gasteiger partial charge in [0.1, 0.15) is 5.75 Å². The van der Waals surface area contributed by atoms with E-state index in [1.54, 1.807) is 25.3 Å². The van der Waals surface area contributed by atoms with Crippen LogP contribution in [0, 0.1) is 6.92 Å². The van der Waals surface area contributed by atoms with E-state index in [2.05, 4.69) is 10.1 Å². The Kier molecular flexibility index (Phi) is 7.20. The third-order valence-corrected chi connectivity index (χ3v) is 3.56. The van der Waals surface area contributed by atoms with E-state index >= 15 is 0 Å². The summed E-state index contributed by atoms with van der Waals surface area (Å²) in [6.07, 6.45) is 0.564. The first-order chi connectivity index (χ1) is 12.5. The minimum Gasteiger partial charge on any atom is -0.493 e. The molecular weight excluding hydrogens is 344 g/mol. The van der Waals surface area contributed by atoms with E-state index in [0.717, 1.165) is 11.1 Å². The van der Waals surface area contributed by atoms with Crippen molar-refractivity contribution in [3.8, 4) is 17.2 Å². The summed E-state index contributed by atoms with van der Waals surface area (Å²) >= 11 is 0. The van der Waals surface area contributed by atoms with Crippen LogP contribution in [0.2, 0.25) is 0 Å². The molecule has 0 unspecified atom stereocenters. The lowest BCUT2D eigenvalue weighted by atomic mass is 10.1. The Morgan fingerprint density at radius 3 is 2.50 bits per heavy atom. The predicted octanol–water partition coefficient (Wildman–Crippen LogP) is 3.34. The molecule has 0 spiro atoms. The van der Waals surface area contributed by atoms with Crippen LogP contribution < -0.4 is 19.5 Å². The first kappa shape index (κ1) is 19.5. The van der Waals surface area contributed by atoms with Gasteiger partial charge in [-0.15, -0.1) is 0 Å². The van der Waals surface area contributed by atoms with Crippen LogP contribution in [0.5, 0.6) is 17.2 Å². The monoisotopic (exact) mass is 365 g/mol. The fraction of sp³-hybridized carbons (Fsp3) is 0.316. The molecule has 0 radical (unpaired) electrons. The summed E-state index contributed by atoms with van der Waals surface area (Å²) in [6, 6.07) is 11.7. The smallest absolute Gasteiger partial charge is 0.387 e. The van der Waals surface area contributed by atoms with Crippen LogP contribution in [0.3, 0.4) is 0 Å². The lowest BCUT2D eigenvalue weighted by molar-refractivity contribution is -0.123. The number of amides is 1. The van der Waals surface area contributed by atoms with Gasteiger partial charge in [-0.25, -0.2) is 0 Å². The van der Waals surface area contributed by atoms with Gasteiger partial charge >= 0.3 is 6.61 Å². The normalized spacial score (nSPS) is 10.5. The maximum Gasteiger partial charge on any atom is 0.387 e. The summed E-state index contributed by atoms with van der Waals surface area (Å²) in [5.74, 6) is 0.922. The Hall–Kier alpha value is -2.83. The van der Waals surface area contributed by atoms with Gasteiger partial charge < -0.3 is 19.5 Å². The van der Waals surface area contributed by atoms with Crippen molar-refractivity contribution < 1.29 is 27.8 Å². The third-order valence-electron chi connectivity index (χ3n) is 3.56. The average molecular weight is 365 g/mol. The average Bonchev–Trinajstić information content (AvgIpc) is 2.61. The van der Waals surface area contributed by atoms with E-state index in [0.29, 0.717) is 24.5 Å². The highest BCUT2D eigenvalue weighted by molar-refractivity contribution is 5.77. The number of nitrogens with one attached hydrogen (secondary N) is 1. The van der Waals surface area contributed by atoms with E-state index in [1.165, 1.54) is 12.1 Å². The lowest BCUT2D eigenvalue weighted by Gasteiger charge is -2.11. The highest BCUT2D eigenvalue weighted by Gasteiger charge is 2.08. The van der Waals surface area contributed by atoms with Crippen molar-refractivity contribution in [2.75, 3.05) is 20.3 Å². The molecule has 0 fully saturated rings. The summed E-state index contributed by atoms with van der Waals surface area (Å²) < 4.78 is 39.1. The zero-order valence-electron chi connectivity index (χ0n) is 14.6. The molecule has 0 atom stereocenters. The number of ether oxygens (including phenoxy) is 3. The highest BCUT2D eigenvalue weighted by atomic mass is 19.3. The first-order valence-corrected chi connectivity index (χ1v) is 8.06. The van der Waals surface area contributed by atoms with Gasteiger partial charge in [0.15, 0.2) is 18.1 Å². The summed E-state index contributed by atoms with van der Waals surface area (Å²) in [4.78, 5) is 11.9. The predicted molar refractivity (Wildman–Crippen MR) is 93.0 cm³/mol. The summed E-state index contributed by atoms with van der Waals surface area (Å²) in [5.41, 5.74) is 1.93. The maximum absolute atomic E-state index is 12.1. The maximum atomic E-state index is 12.1. The zero-order chi connectivity index (χ0) is 18.9.